The first-order valence-corrected chi connectivity index (χ1v) is 10.7. The van der Waals surface area contributed by atoms with Crippen molar-refractivity contribution in [2.75, 3.05) is 26.2 Å². The summed E-state index contributed by atoms with van der Waals surface area (Å²) in [4.78, 5) is 14.3. The van der Waals surface area contributed by atoms with Crippen LogP contribution in [0.15, 0.2) is 0 Å². The molecule has 0 aromatic heterocycles. The average molecular weight is 365 g/mol. The zero-order chi connectivity index (χ0) is 18.1. The number of hydrogen-bond donors (Lipinski definition) is 1. The summed E-state index contributed by atoms with van der Waals surface area (Å²) >= 11 is 0. The molecule has 2 saturated carbocycles. The van der Waals surface area contributed by atoms with Gasteiger partial charge in [0.2, 0.25) is 0 Å². The quantitative estimate of drug-likeness (QED) is 0.591. The largest absolute Gasteiger partial charge is 0.462 e. The van der Waals surface area contributed by atoms with Gasteiger partial charge < -0.3 is 19.1 Å². The number of nitrogens with one attached hydrogen (secondary N) is 1. The van der Waals surface area contributed by atoms with E-state index in [1.54, 1.807) is 0 Å². The summed E-state index contributed by atoms with van der Waals surface area (Å²) in [6.07, 6.45) is 6.59. The van der Waals surface area contributed by atoms with Crippen molar-refractivity contribution in [3.8, 4) is 0 Å². The first kappa shape index (κ1) is 17.4. The van der Waals surface area contributed by atoms with Crippen molar-refractivity contribution in [1.82, 2.24) is 0 Å². The first-order valence-electron chi connectivity index (χ1n) is 10.7. The van der Waals surface area contributed by atoms with Crippen LogP contribution in [-0.2, 0) is 19.0 Å². The van der Waals surface area contributed by atoms with E-state index < -0.39 is 0 Å². The van der Waals surface area contributed by atoms with Crippen LogP contribution >= 0.6 is 0 Å². The SMILES string of the molecule is C[C@@H]1C[NH+](C[C@H]2C(=O)O[C@@H]3C[C@@]4(C)CCC[C@@]5(CO5)[C@@H]4C[C@@H]32)C[C@H](C)O1. The number of carbonyl (C=O) groups excluding carboxylic acids is 1. The van der Waals surface area contributed by atoms with Crippen molar-refractivity contribution >= 4 is 5.97 Å². The Morgan fingerprint density at radius 1 is 1.19 bits per heavy atom. The summed E-state index contributed by atoms with van der Waals surface area (Å²) in [5.74, 6) is 1.13. The number of esters is 1. The molecule has 3 aliphatic heterocycles. The van der Waals surface area contributed by atoms with Gasteiger partial charge in [0.15, 0.2) is 0 Å². The topological polar surface area (TPSA) is 52.5 Å². The Morgan fingerprint density at radius 2 is 1.92 bits per heavy atom. The lowest BCUT2D eigenvalue weighted by molar-refractivity contribution is -0.917. The van der Waals surface area contributed by atoms with E-state index in [0.29, 0.717) is 17.3 Å². The molecule has 0 radical (unpaired) electrons. The second-order valence-electron chi connectivity index (χ2n) is 10.2. The highest BCUT2D eigenvalue weighted by atomic mass is 16.6. The Labute approximate surface area is 156 Å². The summed E-state index contributed by atoms with van der Waals surface area (Å²) in [6, 6.07) is 0. The average Bonchev–Trinajstić information content (AvgIpc) is 3.25. The second kappa shape index (κ2) is 5.92. The van der Waals surface area contributed by atoms with Crippen molar-refractivity contribution in [2.24, 2.45) is 23.2 Å². The molecule has 0 aromatic rings. The summed E-state index contributed by atoms with van der Waals surface area (Å²) in [7, 11) is 0. The predicted octanol–water partition coefficient (Wildman–Crippen LogP) is 1.21. The molecule has 3 saturated heterocycles. The molecule has 0 bridgehead atoms. The maximum absolute atomic E-state index is 12.8. The monoisotopic (exact) mass is 364 g/mol. The molecule has 9 atom stereocenters. The number of ether oxygens (including phenoxy) is 3. The molecule has 5 fully saturated rings. The highest BCUT2D eigenvalue weighted by Gasteiger charge is 2.65. The minimum absolute atomic E-state index is 0.0623. The first-order chi connectivity index (χ1) is 12.4. The third-order valence-corrected chi connectivity index (χ3v) is 8.20. The highest BCUT2D eigenvalue weighted by molar-refractivity contribution is 5.75. The van der Waals surface area contributed by atoms with Gasteiger partial charge in [0.25, 0.3) is 0 Å². The third-order valence-electron chi connectivity index (χ3n) is 8.20. The van der Waals surface area contributed by atoms with Gasteiger partial charge in [-0.1, -0.05) is 6.92 Å². The van der Waals surface area contributed by atoms with Crippen LogP contribution in [-0.4, -0.2) is 56.1 Å². The molecule has 5 rings (SSSR count). The number of quaternary nitrogens is 1. The van der Waals surface area contributed by atoms with Gasteiger partial charge in [0.05, 0.1) is 18.8 Å². The van der Waals surface area contributed by atoms with Gasteiger partial charge in [-0.25, -0.2) is 0 Å². The smallest absolute Gasteiger partial charge is 0.315 e. The Hall–Kier alpha value is -0.650. The Morgan fingerprint density at radius 3 is 2.62 bits per heavy atom. The van der Waals surface area contributed by atoms with E-state index in [-0.39, 0.29) is 35.8 Å². The lowest BCUT2D eigenvalue weighted by Crippen LogP contribution is -3.16. The van der Waals surface area contributed by atoms with E-state index in [2.05, 4.69) is 20.8 Å². The standard InChI is InChI=1S/C21H33NO4/c1-13-9-22(10-14(2)25-13)11-16-15-7-18-20(3,8-17(15)26-19(16)23)5-4-6-21(18)12-24-21/h13-18H,4-12H2,1-3H3/p+1/t13-,14+,15-,16-,17-,18-,20-,21-/m1/s1. The van der Waals surface area contributed by atoms with Crippen LogP contribution in [0.25, 0.3) is 0 Å². The van der Waals surface area contributed by atoms with Crippen LogP contribution < -0.4 is 4.90 Å². The molecular formula is C21H34NO4+. The molecule has 1 N–H and O–H groups in total. The summed E-state index contributed by atoms with van der Waals surface area (Å²) in [5, 5.41) is 0. The second-order valence-corrected chi connectivity index (χ2v) is 10.2. The lowest BCUT2D eigenvalue weighted by atomic mass is 9.53. The fourth-order valence-corrected chi connectivity index (χ4v) is 7.06. The zero-order valence-electron chi connectivity index (χ0n) is 16.5. The molecule has 2 aliphatic carbocycles. The molecule has 5 nitrogen and oxygen atoms in total. The van der Waals surface area contributed by atoms with Crippen LogP contribution in [0, 0.1) is 23.2 Å². The van der Waals surface area contributed by atoms with Crippen molar-refractivity contribution < 1.29 is 23.9 Å². The highest BCUT2D eigenvalue weighted by Crippen LogP contribution is 2.62. The third kappa shape index (κ3) is 2.73. The maximum atomic E-state index is 12.8. The van der Waals surface area contributed by atoms with Gasteiger partial charge in [0.1, 0.15) is 37.3 Å². The fraction of sp³-hybridized carbons (Fsp3) is 0.952. The molecule has 1 unspecified atom stereocenters. The minimum atomic E-state index is 0.0623. The van der Waals surface area contributed by atoms with E-state index in [1.165, 1.54) is 24.2 Å². The summed E-state index contributed by atoms with van der Waals surface area (Å²) in [5.41, 5.74) is 0.433. The predicted molar refractivity (Wildman–Crippen MR) is 95.8 cm³/mol. The lowest BCUT2D eigenvalue weighted by Gasteiger charge is -2.51. The van der Waals surface area contributed by atoms with E-state index in [4.69, 9.17) is 14.2 Å². The molecule has 26 heavy (non-hydrogen) atoms. The van der Waals surface area contributed by atoms with E-state index in [9.17, 15) is 4.79 Å². The van der Waals surface area contributed by atoms with Crippen molar-refractivity contribution in [1.29, 1.82) is 0 Å². The van der Waals surface area contributed by atoms with Crippen LogP contribution in [0.4, 0.5) is 0 Å². The van der Waals surface area contributed by atoms with Gasteiger partial charge in [-0.2, -0.15) is 0 Å². The molecular weight excluding hydrogens is 330 g/mol. The van der Waals surface area contributed by atoms with Crippen molar-refractivity contribution in [3.63, 3.8) is 0 Å². The fourth-order valence-electron chi connectivity index (χ4n) is 7.06. The molecule has 146 valence electrons. The molecule has 5 heteroatoms. The number of carbonyl (C=O) groups is 1. The molecule has 3 heterocycles. The van der Waals surface area contributed by atoms with E-state index in [0.717, 1.165) is 39.1 Å². The summed E-state index contributed by atoms with van der Waals surface area (Å²) in [6.45, 7) is 10.6. The van der Waals surface area contributed by atoms with Gasteiger partial charge in [0, 0.05) is 5.92 Å². The van der Waals surface area contributed by atoms with Crippen LogP contribution in [0.5, 0.6) is 0 Å². The molecule has 1 spiro atoms. The van der Waals surface area contributed by atoms with Gasteiger partial charge >= 0.3 is 5.97 Å². The Bertz CT molecular complexity index is 581. The van der Waals surface area contributed by atoms with E-state index in [1.807, 2.05) is 0 Å². The molecule has 0 aromatic carbocycles. The van der Waals surface area contributed by atoms with Crippen LogP contribution in [0.3, 0.4) is 0 Å². The number of rotatable bonds is 2. The number of morpholine rings is 1. The normalized spacial score (nSPS) is 56.0. The summed E-state index contributed by atoms with van der Waals surface area (Å²) < 4.78 is 17.8. The Kier molecular flexibility index (Phi) is 3.97. The zero-order valence-corrected chi connectivity index (χ0v) is 16.5. The van der Waals surface area contributed by atoms with Gasteiger partial charge in [-0.15, -0.1) is 0 Å². The van der Waals surface area contributed by atoms with Gasteiger partial charge in [-0.3, -0.25) is 4.79 Å². The van der Waals surface area contributed by atoms with Crippen LogP contribution in [0.1, 0.15) is 52.9 Å². The number of epoxide rings is 1. The number of hydrogen-bond acceptors (Lipinski definition) is 4. The molecule has 0 amide bonds. The number of fused-ring (bicyclic) bond motifs is 3. The van der Waals surface area contributed by atoms with Crippen molar-refractivity contribution in [2.45, 2.75) is 76.8 Å². The van der Waals surface area contributed by atoms with E-state index >= 15 is 0 Å². The van der Waals surface area contributed by atoms with Crippen LogP contribution in [0.2, 0.25) is 0 Å². The Balaban J connectivity index is 1.34. The maximum Gasteiger partial charge on any atom is 0.315 e. The van der Waals surface area contributed by atoms with Gasteiger partial charge in [-0.05, 0) is 57.3 Å². The molecule has 5 aliphatic rings. The minimum Gasteiger partial charge on any atom is -0.462 e. The van der Waals surface area contributed by atoms with Crippen molar-refractivity contribution in [3.05, 3.63) is 0 Å².